The van der Waals surface area contributed by atoms with Gasteiger partial charge in [0.1, 0.15) is 5.60 Å². The van der Waals surface area contributed by atoms with Crippen molar-refractivity contribution in [2.75, 3.05) is 7.05 Å². The maximum absolute atomic E-state index is 11.4. The number of ether oxygens (including phenoxy) is 2. The quantitative estimate of drug-likeness (QED) is 0.784. The average molecular weight is 301 g/mol. The van der Waals surface area contributed by atoms with Gasteiger partial charge in [-0.25, -0.2) is 4.79 Å². The molecule has 0 bridgehead atoms. The van der Waals surface area contributed by atoms with Crippen LogP contribution in [0, 0.1) is 5.41 Å². The lowest BCUT2D eigenvalue weighted by molar-refractivity contribution is -0.158. The predicted octanol–water partition coefficient (Wildman–Crippen LogP) is 4.52. The Morgan fingerprint density at radius 1 is 0.810 bits per heavy atom. The second-order valence-corrected chi connectivity index (χ2v) is 8.93. The molecule has 0 aromatic carbocycles. The number of carbonyl (C=O) groups is 1. The van der Waals surface area contributed by atoms with Crippen molar-refractivity contribution in [2.24, 2.45) is 5.41 Å². The van der Waals surface area contributed by atoms with Gasteiger partial charge in [0.25, 0.3) is 0 Å². The van der Waals surface area contributed by atoms with E-state index in [0.717, 1.165) is 6.42 Å². The van der Waals surface area contributed by atoms with E-state index in [-0.39, 0.29) is 16.6 Å². The highest BCUT2D eigenvalue weighted by atomic mass is 16.6. The lowest BCUT2D eigenvalue weighted by Crippen LogP contribution is -2.45. The molecule has 4 nitrogen and oxygen atoms in total. The van der Waals surface area contributed by atoms with Gasteiger partial charge in [-0.05, 0) is 53.4 Å². The molecule has 21 heavy (non-hydrogen) atoms. The van der Waals surface area contributed by atoms with Crippen LogP contribution in [0.4, 0.5) is 4.79 Å². The van der Waals surface area contributed by atoms with E-state index in [4.69, 9.17) is 9.47 Å². The summed E-state index contributed by atoms with van der Waals surface area (Å²) in [5, 5.41) is 2.48. The number of hydrogen-bond donors (Lipinski definition) is 1. The highest BCUT2D eigenvalue weighted by Crippen LogP contribution is 2.36. The predicted molar refractivity (Wildman–Crippen MR) is 87.6 cm³/mol. The number of carbonyl (C=O) groups excluding carboxylic acids is 1. The fourth-order valence-corrected chi connectivity index (χ4v) is 3.46. The smallest absolute Gasteiger partial charge is 0.407 e. The normalized spacial score (nSPS) is 14.0. The fourth-order valence-electron chi connectivity index (χ4n) is 3.46. The zero-order valence-electron chi connectivity index (χ0n) is 15.6. The highest BCUT2D eigenvalue weighted by molar-refractivity contribution is 5.67. The highest BCUT2D eigenvalue weighted by Gasteiger charge is 2.37. The number of alkyl carbamates (subject to hydrolysis) is 1. The van der Waals surface area contributed by atoms with Crippen LogP contribution in [-0.2, 0) is 9.47 Å². The van der Waals surface area contributed by atoms with Crippen LogP contribution in [-0.4, -0.2) is 29.9 Å². The van der Waals surface area contributed by atoms with Crippen molar-refractivity contribution in [3.63, 3.8) is 0 Å². The summed E-state index contributed by atoms with van der Waals surface area (Å²) in [6.07, 6.45) is 1.17. The molecule has 0 spiro atoms. The van der Waals surface area contributed by atoms with Crippen LogP contribution in [0.25, 0.3) is 0 Å². The van der Waals surface area contributed by atoms with Gasteiger partial charge in [0, 0.05) is 13.5 Å². The molecule has 1 amide bonds. The molecule has 0 aliphatic rings. The van der Waals surface area contributed by atoms with Crippen molar-refractivity contribution in [1.29, 1.82) is 0 Å². The summed E-state index contributed by atoms with van der Waals surface area (Å²) in [6.45, 7) is 18.8. The van der Waals surface area contributed by atoms with E-state index in [1.54, 1.807) is 7.05 Å². The average Bonchev–Trinajstić information content (AvgIpc) is 2.07. The Kier molecular flexibility index (Phi) is 6.31. The Labute approximate surface area is 131 Å². The Bertz CT molecular complexity index is 352. The van der Waals surface area contributed by atoms with E-state index >= 15 is 0 Å². The fraction of sp³-hybridized carbons (Fsp3) is 0.941. The third kappa shape index (κ3) is 9.72. The molecule has 0 saturated heterocycles. The molecule has 1 N–H and O–H groups in total. The van der Waals surface area contributed by atoms with Gasteiger partial charge in [-0.3, -0.25) is 0 Å². The van der Waals surface area contributed by atoms with E-state index in [1.807, 2.05) is 27.7 Å². The summed E-state index contributed by atoms with van der Waals surface area (Å²) in [6, 6.07) is 0. The molecule has 0 aromatic heterocycles. The minimum atomic E-state index is -0.582. The Morgan fingerprint density at radius 2 is 1.24 bits per heavy atom. The van der Waals surface area contributed by atoms with E-state index in [1.165, 1.54) is 0 Å². The Balaban J connectivity index is 4.79. The van der Waals surface area contributed by atoms with Crippen LogP contribution in [0.1, 0.15) is 75.2 Å². The number of nitrogens with one attached hydrogen (secondary N) is 1. The van der Waals surface area contributed by atoms with Crippen LogP contribution in [0.5, 0.6) is 0 Å². The van der Waals surface area contributed by atoms with Gasteiger partial charge in [0.05, 0.1) is 11.2 Å². The van der Waals surface area contributed by atoms with Crippen LogP contribution in [0.2, 0.25) is 0 Å². The second-order valence-electron chi connectivity index (χ2n) is 8.93. The second kappa shape index (κ2) is 6.55. The molecule has 0 heterocycles. The molecule has 0 rings (SSSR count). The number of hydrogen-bond acceptors (Lipinski definition) is 3. The molecule has 0 unspecified atom stereocenters. The first-order valence-electron chi connectivity index (χ1n) is 7.68. The number of rotatable bonds is 6. The molecule has 0 aromatic rings. The standard InChI is InChI=1S/C17H35NO3/c1-14(2,3)11-16(6,7)21-17(8,9)12-15(4,5)20-13(19)18-10/h11-12H2,1-10H3,(H,18,19). The van der Waals surface area contributed by atoms with Crippen LogP contribution < -0.4 is 5.32 Å². The molecule has 0 atom stereocenters. The van der Waals surface area contributed by atoms with Gasteiger partial charge >= 0.3 is 6.09 Å². The maximum atomic E-state index is 11.4. The van der Waals surface area contributed by atoms with E-state index in [2.05, 4.69) is 39.9 Å². The molecular weight excluding hydrogens is 266 g/mol. The summed E-state index contributed by atoms with van der Waals surface area (Å²) in [4.78, 5) is 11.4. The monoisotopic (exact) mass is 301 g/mol. The Morgan fingerprint density at radius 3 is 1.62 bits per heavy atom. The van der Waals surface area contributed by atoms with E-state index in [0.29, 0.717) is 6.42 Å². The van der Waals surface area contributed by atoms with Gasteiger partial charge in [0.2, 0.25) is 0 Å². The molecule has 0 aliphatic heterocycles. The first-order chi connectivity index (χ1) is 9.08. The third-order valence-electron chi connectivity index (χ3n) is 2.93. The van der Waals surface area contributed by atoms with Crippen LogP contribution in [0.15, 0.2) is 0 Å². The van der Waals surface area contributed by atoms with Crippen molar-refractivity contribution in [3.05, 3.63) is 0 Å². The van der Waals surface area contributed by atoms with Gasteiger partial charge in [0.15, 0.2) is 0 Å². The van der Waals surface area contributed by atoms with Crippen LogP contribution in [0.3, 0.4) is 0 Å². The first-order valence-corrected chi connectivity index (χ1v) is 7.68. The van der Waals surface area contributed by atoms with Gasteiger partial charge < -0.3 is 14.8 Å². The molecular formula is C17H35NO3. The minimum absolute atomic E-state index is 0.202. The molecule has 0 fully saturated rings. The van der Waals surface area contributed by atoms with Crippen molar-refractivity contribution < 1.29 is 14.3 Å². The van der Waals surface area contributed by atoms with Gasteiger partial charge in [-0.15, -0.1) is 0 Å². The van der Waals surface area contributed by atoms with Crippen molar-refractivity contribution in [3.8, 4) is 0 Å². The van der Waals surface area contributed by atoms with Gasteiger partial charge in [-0.2, -0.15) is 0 Å². The topological polar surface area (TPSA) is 47.6 Å². The van der Waals surface area contributed by atoms with E-state index < -0.39 is 11.7 Å². The zero-order chi connectivity index (χ0) is 17.1. The number of amides is 1. The first kappa shape index (κ1) is 20.2. The Hall–Kier alpha value is -0.770. The maximum Gasteiger partial charge on any atom is 0.407 e. The summed E-state index contributed by atoms with van der Waals surface area (Å²) < 4.78 is 11.7. The van der Waals surface area contributed by atoms with Crippen molar-refractivity contribution >= 4 is 6.09 Å². The zero-order valence-corrected chi connectivity index (χ0v) is 15.6. The summed E-state index contributed by atoms with van der Waals surface area (Å²) >= 11 is 0. The lowest BCUT2D eigenvalue weighted by Gasteiger charge is -2.42. The summed E-state index contributed by atoms with van der Waals surface area (Å²) in [5.41, 5.74) is -0.994. The molecule has 0 saturated carbocycles. The molecule has 0 radical (unpaired) electrons. The molecule has 0 aliphatic carbocycles. The largest absolute Gasteiger partial charge is 0.443 e. The summed E-state index contributed by atoms with van der Waals surface area (Å²) in [5.74, 6) is 0. The molecule has 4 heteroatoms. The summed E-state index contributed by atoms with van der Waals surface area (Å²) in [7, 11) is 1.56. The van der Waals surface area contributed by atoms with Crippen molar-refractivity contribution in [2.45, 2.75) is 92.0 Å². The van der Waals surface area contributed by atoms with Crippen molar-refractivity contribution in [1.82, 2.24) is 5.32 Å². The third-order valence-corrected chi connectivity index (χ3v) is 2.93. The SMILES string of the molecule is CNC(=O)OC(C)(C)CC(C)(C)OC(C)(C)CC(C)(C)C. The van der Waals surface area contributed by atoms with Crippen LogP contribution >= 0.6 is 0 Å². The minimum Gasteiger partial charge on any atom is -0.443 e. The molecule has 126 valence electrons. The van der Waals surface area contributed by atoms with Gasteiger partial charge in [-0.1, -0.05) is 20.8 Å². The van der Waals surface area contributed by atoms with E-state index in [9.17, 15) is 4.79 Å². The lowest BCUT2D eigenvalue weighted by atomic mass is 9.82.